The van der Waals surface area contributed by atoms with Crippen LogP contribution in [0.25, 0.3) is 0 Å². The van der Waals surface area contributed by atoms with Crippen LogP contribution in [0.4, 0.5) is 0 Å². The molecule has 218 valence electrons. The maximum Gasteiger partial charge on any atom is 0.311 e. The molecule has 6 heteroatoms. The fraction of sp³-hybridized carbons (Fsp3) is 0.588. The summed E-state index contributed by atoms with van der Waals surface area (Å²) < 4.78 is 11.1. The Balaban J connectivity index is 1.97. The molecule has 1 saturated carbocycles. The molecule has 0 amide bonds. The third kappa shape index (κ3) is 12.0. The fourth-order valence-corrected chi connectivity index (χ4v) is 5.36. The molecule has 2 N–H and O–H groups in total. The summed E-state index contributed by atoms with van der Waals surface area (Å²) in [6.07, 6.45) is 19.1. The Morgan fingerprint density at radius 1 is 1.00 bits per heavy atom. The molecule has 1 aromatic carbocycles. The average Bonchev–Trinajstić information content (AvgIpc) is 3.19. The number of carbonyl (C=O) groups is 2. The summed E-state index contributed by atoms with van der Waals surface area (Å²) in [6, 6.07) is 10.0. The second-order valence-corrected chi connectivity index (χ2v) is 11.0. The monoisotopic (exact) mass is 550 g/mol. The van der Waals surface area contributed by atoms with E-state index in [2.05, 4.69) is 11.8 Å². The number of unbranched alkanes of at least 4 members (excludes halogenated alkanes) is 1. The Labute approximate surface area is 240 Å². The second kappa shape index (κ2) is 18.3. The Kier molecular flexibility index (Phi) is 15.2. The predicted octanol–water partition coefficient (Wildman–Crippen LogP) is 5.40. The Bertz CT molecular complexity index is 985. The number of rotatable bonds is 17. The highest BCUT2D eigenvalue weighted by Gasteiger charge is 2.41. The maximum atomic E-state index is 12.9. The SMILES string of the molecule is C#CCC(CC#C)C(=O)O[C@@H](CCc1ccccc1)CC[C@@H]1[C@@H](CC=CCCCC(=O)OC(C)C)[C@@H](O)C[C@H]1O. The standard InChI is InChI=1S/C34H46O6/c1-5-14-27(15-6-2)34(38)40-28(21-20-26-16-10-9-11-17-26)22-23-30-29(31(35)24-32(30)36)18-12-7-8-13-19-33(37)39-25(3)4/h1-2,7,9-12,16-17,25,27-32,35-36H,8,13-15,18-24H2,3-4H3/t28-,29+,30+,31-,32+/m0/s1. The molecular weight excluding hydrogens is 504 g/mol. The number of allylic oxidation sites excluding steroid dienone is 2. The van der Waals surface area contributed by atoms with Gasteiger partial charge in [0.25, 0.3) is 0 Å². The first kappa shape index (κ1) is 33.1. The van der Waals surface area contributed by atoms with Crippen LogP contribution in [0, 0.1) is 42.4 Å². The van der Waals surface area contributed by atoms with Crippen molar-refractivity contribution in [3.8, 4) is 24.7 Å². The molecule has 40 heavy (non-hydrogen) atoms. The quantitative estimate of drug-likeness (QED) is 0.117. The molecule has 2 rings (SSSR count). The number of benzene rings is 1. The number of aliphatic hydroxyl groups excluding tert-OH is 2. The topological polar surface area (TPSA) is 93.1 Å². The summed E-state index contributed by atoms with van der Waals surface area (Å²) in [4.78, 5) is 24.6. The highest BCUT2D eigenvalue weighted by atomic mass is 16.5. The number of aryl methyl sites for hydroxylation is 1. The molecular formula is C34H46O6. The van der Waals surface area contributed by atoms with Gasteiger partial charge in [0.15, 0.2) is 0 Å². The van der Waals surface area contributed by atoms with Gasteiger partial charge < -0.3 is 19.7 Å². The van der Waals surface area contributed by atoms with Gasteiger partial charge >= 0.3 is 11.9 Å². The lowest BCUT2D eigenvalue weighted by atomic mass is 9.85. The van der Waals surface area contributed by atoms with Crippen molar-refractivity contribution in [2.45, 2.75) is 109 Å². The van der Waals surface area contributed by atoms with Crippen molar-refractivity contribution in [2.75, 3.05) is 0 Å². The van der Waals surface area contributed by atoms with Gasteiger partial charge in [0.1, 0.15) is 6.10 Å². The van der Waals surface area contributed by atoms with Crippen LogP contribution in [-0.2, 0) is 25.5 Å². The molecule has 0 heterocycles. The lowest BCUT2D eigenvalue weighted by molar-refractivity contribution is -0.154. The van der Waals surface area contributed by atoms with Crippen molar-refractivity contribution in [1.29, 1.82) is 0 Å². The van der Waals surface area contributed by atoms with E-state index in [1.54, 1.807) is 0 Å². The van der Waals surface area contributed by atoms with Gasteiger partial charge in [-0.15, -0.1) is 24.7 Å². The number of esters is 2. The van der Waals surface area contributed by atoms with Crippen LogP contribution in [0.1, 0.15) is 83.6 Å². The van der Waals surface area contributed by atoms with Gasteiger partial charge in [-0.1, -0.05) is 42.5 Å². The molecule has 0 aromatic heterocycles. The van der Waals surface area contributed by atoms with Crippen LogP contribution in [0.3, 0.4) is 0 Å². The summed E-state index contributed by atoms with van der Waals surface area (Å²) in [6.45, 7) is 3.67. The summed E-state index contributed by atoms with van der Waals surface area (Å²) in [5, 5.41) is 21.4. The fourth-order valence-electron chi connectivity index (χ4n) is 5.36. The van der Waals surface area contributed by atoms with Gasteiger partial charge in [-0.2, -0.15) is 0 Å². The zero-order valence-corrected chi connectivity index (χ0v) is 24.0. The number of hydrogen-bond acceptors (Lipinski definition) is 6. The van der Waals surface area contributed by atoms with Gasteiger partial charge in [-0.25, -0.2) is 0 Å². The van der Waals surface area contributed by atoms with Crippen molar-refractivity contribution < 1.29 is 29.3 Å². The van der Waals surface area contributed by atoms with Crippen LogP contribution in [0.2, 0.25) is 0 Å². The van der Waals surface area contributed by atoms with Crippen LogP contribution in [0.5, 0.6) is 0 Å². The Hall–Kier alpha value is -3.06. The molecule has 1 aromatic rings. The normalized spacial score (nSPS) is 21.3. The summed E-state index contributed by atoms with van der Waals surface area (Å²) >= 11 is 0. The molecule has 0 unspecified atom stereocenters. The highest BCUT2D eigenvalue weighted by Crippen LogP contribution is 2.39. The first-order chi connectivity index (χ1) is 19.2. The molecule has 0 saturated heterocycles. The van der Waals surface area contributed by atoms with Crippen molar-refractivity contribution in [3.63, 3.8) is 0 Å². The number of hydrogen-bond donors (Lipinski definition) is 2. The van der Waals surface area contributed by atoms with Crippen LogP contribution in [0.15, 0.2) is 42.5 Å². The summed E-state index contributed by atoms with van der Waals surface area (Å²) in [5.41, 5.74) is 1.16. The molecule has 0 radical (unpaired) electrons. The van der Waals surface area contributed by atoms with E-state index < -0.39 is 18.1 Å². The predicted molar refractivity (Wildman–Crippen MR) is 157 cm³/mol. The first-order valence-corrected chi connectivity index (χ1v) is 14.6. The molecule has 0 spiro atoms. The molecule has 0 aliphatic heterocycles. The van der Waals surface area contributed by atoms with Gasteiger partial charge in [0.2, 0.25) is 0 Å². The number of ether oxygens (including phenoxy) is 2. The minimum Gasteiger partial charge on any atom is -0.463 e. The minimum absolute atomic E-state index is 0.0849. The Morgan fingerprint density at radius 3 is 2.33 bits per heavy atom. The zero-order chi connectivity index (χ0) is 29.3. The van der Waals surface area contributed by atoms with Gasteiger partial charge in [-0.05, 0) is 82.6 Å². The average molecular weight is 551 g/mol. The molecule has 1 aliphatic carbocycles. The molecule has 6 nitrogen and oxygen atoms in total. The largest absolute Gasteiger partial charge is 0.463 e. The van der Waals surface area contributed by atoms with Crippen molar-refractivity contribution in [1.82, 2.24) is 0 Å². The van der Waals surface area contributed by atoms with Crippen LogP contribution in [-0.4, -0.2) is 46.6 Å². The van der Waals surface area contributed by atoms with Crippen molar-refractivity contribution in [3.05, 3.63) is 48.0 Å². The summed E-state index contributed by atoms with van der Waals surface area (Å²) in [7, 11) is 0. The minimum atomic E-state index is -0.611. The molecule has 1 fully saturated rings. The number of carbonyl (C=O) groups excluding carboxylic acids is 2. The smallest absolute Gasteiger partial charge is 0.311 e. The number of aliphatic hydroxyl groups is 2. The van der Waals surface area contributed by atoms with Crippen molar-refractivity contribution >= 4 is 11.9 Å². The molecule has 0 bridgehead atoms. The van der Waals surface area contributed by atoms with E-state index in [1.807, 2.05) is 56.3 Å². The third-order valence-electron chi connectivity index (χ3n) is 7.48. The zero-order valence-electron chi connectivity index (χ0n) is 24.0. The lowest BCUT2D eigenvalue weighted by Crippen LogP contribution is -2.28. The van der Waals surface area contributed by atoms with E-state index in [0.29, 0.717) is 44.9 Å². The lowest BCUT2D eigenvalue weighted by Gasteiger charge is -2.26. The highest BCUT2D eigenvalue weighted by molar-refractivity contribution is 5.73. The summed E-state index contributed by atoms with van der Waals surface area (Å²) in [5.74, 6) is 3.75. The van der Waals surface area contributed by atoms with E-state index in [1.165, 1.54) is 0 Å². The van der Waals surface area contributed by atoms with E-state index in [4.69, 9.17) is 22.3 Å². The molecule has 1 aliphatic rings. The third-order valence-corrected chi connectivity index (χ3v) is 7.48. The van der Waals surface area contributed by atoms with Gasteiger partial charge in [0, 0.05) is 19.3 Å². The van der Waals surface area contributed by atoms with E-state index in [-0.39, 0.29) is 48.8 Å². The van der Waals surface area contributed by atoms with E-state index >= 15 is 0 Å². The number of terminal acetylenes is 2. The van der Waals surface area contributed by atoms with E-state index in [0.717, 1.165) is 18.4 Å². The van der Waals surface area contributed by atoms with Crippen LogP contribution < -0.4 is 0 Å². The Morgan fingerprint density at radius 2 is 1.68 bits per heavy atom. The van der Waals surface area contributed by atoms with Gasteiger partial charge in [-0.3, -0.25) is 9.59 Å². The van der Waals surface area contributed by atoms with E-state index in [9.17, 15) is 19.8 Å². The van der Waals surface area contributed by atoms with Crippen LogP contribution >= 0.6 is 0 Å². The first-order valence-electron chi connectivity index (χ1n) is 14.6. The maximum absolute atomic E-state index is 12.9. The van der Waals surface area contributed by atoms with Gasteiger partial charge in [0.05, 0.1) is 24.2 Å². The van der Waals surface area contributed by atoms with Crippen molar-refractivity contribution in [2.24, 2.45) is 17.8 Å². The molecule has 5 atom stereocenters. The second-order valence-electron chi connectivity index (χ2n) is 11.0.